The Morgan fingerprint density at radius 3 is 2.88 bits per heavy atom. The highest BCUT2D eigenvalue weighted by atomic mass is 35.5. The SMILES string of the molecule is Cc1cc2c(c(C)c1Cl)C(=O)C(N)CCO2. The number of benzene rings is 1. The van der Waals surface area contributed by atoms with Gasteiger partial charge in [0.15, 0.2) is 5.78 Å². The van der Waals surface area contributed by atoms with E-state index in [1.807, 2.05) is 13.8 Å². The van der Waals surface area contributed by atoms with E-state index in [1.54, 1.807) is 6.07 Å². The fourth-order valence-corrected chi connectivity index (χ4v) is 2.10. The first-order valence-electron chi connectivity index (χ1n) is 5.24. The molecule has 1 aliphatic heterocycles. The van der Waals surface area contributed by atoms with Gasteiger partial charge in [0.05, 0.1) is 18.2 Å². The second kappa shape index (κ2) is 4.07. The Labute approximate surface area is 99.5 Å². The largest absolute Gasteiger partial charge is 0.493 e. The maximum atomic E-state index is 12.1. The van der Waals surface area contributed by atoms with Crippen molar-refractivity contribution in [3.05, 3.63) is 27.8 Å². The van der Waals surface area contributed by atoms with Gasteiger partial charge < -0.3 is 10.5 Å². The first kappa shape index (κ1) is 11.4. The molecule has 0 radical (unpaired) electrons. The summed E-state index contributed by atoms with van der Waals surface area (Å²) in [5, 5.41) is 0.616. The zero-order valence-corrected chi connectivity index (χ0v) is 10.1. The van der Waals surface area contributed by atoms with E-state index in [0.717, 1.165) is 11.1 Å². The van der Waals surface area contributed by atoms with Crippen LogP contribution in [-0.4, -0.2) is 18.4 Å². The van der Waals surface area contributed by atoms with Crippen LogP contribution in [0.1, 0.15) is 27.9 Å². The Morgan fingerprint density at radius 1 is 1.50 bits per heavy atom. The lowest BCUT2D eigenvalue weighted by Crippen LogP contribution is -2.30. The van der Waals surface area contributed by atoms with Crippen LogP contribution in [0.4, 0.5) is 0 Å². The van der Waals surface area contributed by atoms with Crippen LogP contribution >= 0.6 is 11.6 Å². The van der Waals surface area contributed by atoms with E-state index < -0.39 is 6.04 Å². The number of carbonyl (C=O) groups is 1. The molecule has 0 aliphatic carbocycles. The fraction of sp³-hybridized carbons (Fsp3) is 0.417. The van der Waals surface area contributed by atoms with Crippen molar-refractivity contribution in [1.82, 2.24) is 0 Å². The molecule has 2 rings (SSSR count). The van der Waals surface area contributed by atoms with Gasteiger partial charge in [0.2, 0.25) is 0 Å². The summed E-state index contributed by atoms with van der Waals surface area (Å²) in [4.78, 5) is 12.1. The van der Waals surface area contributed by atoms with Crippen molar-refractivity contribution in [2.75, 3.05) is 6.61 Å². The van der Waals surface area contributed by atoms with Crippen molar-refractivity contribution in [2.24, 2.45) is 5.73 Å². The summed E-state index contributed by atoms with van der Waals surface area (Å²) in [7, 11) is 0. The molecule has 0 bridgehead atoms. The number of aryl methyl sites for hydroxylation is 1. The Bertz CT molecular complexity index is 457. The predicted molar refractivity (Wildman–Crippen MR) is 63.3 cm³/mol. The Balaban J connectivity index is 2.66. The van der Waals surface area contributed by atoms with E-state index in [1.165, 1.54) is 0 Å². The third-order valence-electron chi connectivity index (χ3n) is 2.91. The van der Waals surface area contributed by atoms with E-state index >= 15 is 0 Å². The number of ketones is 1. The highest BCUT2D eigenvalue weighted by Crippen LogP contribution is 2.34. The number of Topliss-reactive ketones (excluding diaryl/α,β-unsaturated/α-hetero) is 1. The number of hydrogen-bond acceptors (Lipinski definition) is 3. The minimum absolute atomic E-state index is 0.0769. The van der Waals surface area contributed by atoms with Crippen molar-refractivity contribution in [3.63, 3.8) is 0 Å². The molecule has 0 saturated carbocycles. The van der Waals surface area contributed by atoms with Gasteiger partial charge in [-0.2, -0.15) is 0 Å². The van der Waals surface area contributed by atoms with Crippen LogP contribution in [0.3, 0.4) is 0 Å². The van der Waals surface area contributed by atoms with E-state index in [4.69, 9.17) is 22.1 Å². The summed E-state index contributed by atoms with van der Waals surface area (Å²) in [5.74, 6) is 0.532. The molecule has 0 fully saturated rings. The van der Waals surface area contributed by atoms with Crippen molar-refractivity contribution in [2.45, 2.75) is 26.3 Å². The summed E-state index contributed by atoms with van der Waals surface area (Å²) < 4.78 is 5.55. The Kier molecular flexibility index (Phi) is 2.91. The molecule has 1 unspecified atom stereocenters. The maximum Gasteiger partial charge on any atom is 0.183 e. The zero-order valence-electron chi connectivity index (χ0n) is 9.34. The quantitative estimate of drug-likeness (QED) is 0.756. The van der Waals surface area contributed by atoms with Gasteiger partial charge in [-0.3, -0.25) is 4.79 Å². The maximum absolute atomic E-state index is 12.1. The van der Waals surface area contributed by atoms with E-state index in [9.17, 15) is 4.79 Å². The van der Waals surface area contributed by atoms with E-state index in [2.05, 4.69) is 0 Å². The number of halogens is 1. The zero-order chi connectivity index (χ0) is 11.9. The number of nitrogens with two attached hydrogens (primary N) is 1. The number of fused-ring (bicyclic) bond motifs is 1. The molecule has 16 heavy (non-hydrogen) atoms. The highest BCUT2D eigenvalue weighted by molar-refractivity contribution is 6.32. The van der Waals surface area contributed by atoms with Gasteiger partial charge in [-0.15, -0.1) is 0 Å². The smallest absolute Gasteiger partial charge is 0.183 e. The van der Waals surface area contributed by atoms with E-state index in [0.29, 0.717) is 29.4 Å². The molecule has 0 amide bonds. The topological polar surface area (TPSA) is 52.3 Å². The standard InChI is InChI=1S/C12H14ClNO2/c1-6-5-9-10(7(2)11(6)13)12(15)8(14)3-4-16-9/h5,8H,3-4,14H2,1-2H3. The number of ether oxygens (including phenoxy) is 1. The minimum atomic E-state index is -0.487. The van der Waals surface area contributed by atoms with Crippen LogP contribution < -0.4 is 10.5 Å². The molecule has 1 heterocycles. The molecule has 1 aromatic rings. The van der Waals surface area contributed by atoms with Crippen molar-refractivity contribution < 1.29 is 9.53 Å². The van der Waals surface area contributed by atoms with Crippen LogP contribution in [0, 0.1) is 13.8 Å². The second-order valence-electron chi connectivity index (χ2n) is 4.11. The van der Waals surface area contributed by atoms with Crippen LogP contribution in [-0.2, 0) is 0 Å². The molecule has 2 N–H and O–H groups in total. The first-order chi connectivity index (χ1) is 7.52. The van der Waals surface area contributed by atoms with Gasteiger partial charge in [-0.25, -0.2) is 0 Å². The van der Waals surface area contributed by atoms with E-state index in [-0.39, 0.29) is 5.78 Å². The van der Waals surface area contributed by atoms with Crippen LogP contribution in [0.5, 0.6) is 5.75 Å². The van der Waals surface area contributed by atoms with Crippen molar-refractivity contribution in [3.8, 4) is 5.75 Å². The molecule has 86 valence electrons. The van der Waals surface area contributed by atoms with Gasteiger partial charge in [0.1, 0.15) is 5.75 Å². The summed E-state index contributed by atoms with van der Waals surface area (Å²) in [6.07, 6.45) is 0.545. The molecule has 1 aliphatic rings. The summed E-state index contributed by atoms with van der Waals surface area (Å²) in [6, 6.07) is 1.32. The van der Waals surface area contributed by atoms with Gasteiger partial charge in [-0.05, 0) is 31.0 Å². The molecule has 0 saturated heterocycles. The van der Waals surface area contributed by atoms with Crippen LogP contribution in [0.25, 0.3) is 0 Å². The monoisotopic (exact) mass is 239 g/mol. The number of hydrogen-bond donors (Lipinski definition) is 1. The van der Waals surface area contributed by atoms with Crippen LogP contribution in [0.2, 0.25) is 5.02 Å². The Morgan fingerprint density at radius 2 is 2.19 bits per heavy atom. The lowest BCUT2D eigenvalue weighted by Gasteiger charge is -2.13. The number of rotatable bonds is 0. The third-order valence-corrected chi connectivity index (χ3v) is 3.50. The molecular formula is C12H14ClNO2. The minimum Gasteiger partial charge on any atom is -0.493 e. The molecule has 3 nitrogen and oxygen atoms in total. The van der Waals surface area contributed by atoms with Gasteiger partial charge >= 0.3 is 0 Å². The molecule has 1 atom stereocenters. The first-order valence-corrected chi connectivity index (χ1v) is 5.62. The lowest BCUT2D eigenvalue weighted by atomic mass is 9.96. The highest BCUT2D eigenvalue weighted by Gasteiger charge is 2.26. The lowest BCUT2D eigenvalue weighted by molar-refractivity contribution is 0.0960. The van der Waals surface area contributed by atoms with Crippen molar-refractivity contribution >= 4 is 17.4 Å². The predicted octanol–water partition coefficient (Wildman–Crippen LogP) is 2.25. The summed E-state index contributed by atoms with van der Waals surface area (Å²) in [5.41, 5.74) is 8.00. The van der Waals surface area contributed by atoms with Crippen molar-refractivity contribution in [1.29, 1.82) is 0 Å². The average molecular weight is 240 g/mol. The molecule has 0 aromatic heterocycles. The van der Waals surface area contributed by atoms with Gasteiger partial charge in [-0.1, -0.05) is 11.6 Å². The number of carbonyl (C=O) groups excluding carboxylic acids is 1. The third kappa shape index (κ3) is 1.70. The summed E-state index contributed by atoms with van der Waals surface area (Å²) >= 11 is 6.13. The Hall–Kier alpha value is -1.06. The van der Waals surface area contributed by atoms with Gasteiger partial charge in [0.25, 0.3) is 0 Å². The van der Waals surface area contributed by atoms with Crippen LogP contribution in [0.15, 0.2) is 6.07 Å². The second-order valence-corrected chi connectivity index (χ2v) is 4.49. The normalized spacial score (nSPS) is 20.0. The average Bonchev–Trinajstić information content (AvgIpc) is 2.37. The molecular weight excluding hydrogens is 226 g/mol. The summed E-state index contributed by atoms with van der Waals surface area (Å²) in [6.45, 7) is 4.20. The molecule has 0 spiro atoms. The molecule has 1 aromatic carbocycles. The van der Waals surface area contributed by atoms with Gasteiger partial charge in [0, 0.05) is 11.4 Å². The fourth-order valence-electron chi connectivity index (χ4n) is 1.95. The molecule has 4 heteroatoms.